The highest BCUT2D eigenvalue weighted by atomic mass is 16.7. The van der Waals surface area contributed by atoms with E-state index in [0.717, 1.165) is 55.2 Å². The summed E-state index contributed by atoms with van der Waals surface area (Å²) in [5.41, 5.74) is 5.21. The molecule has 0 bridgehead atoms. The Balaban J connectivity index is 1.29. The first-order chi connectivity index (χ1) is 18.2. The maximum atomic E-state index is 6.15. The molecule has 37 heavy (non-hydrogen) atoms. The molecule has 8 nitrogen and oxygen atoms in total. The average Bonchev–Trinajstić information content (AvgIpc) is 3.45. The fourth-order valence-corrected chi connectivity index (χ4v) is 4.93. The fourth-order valence-electron chi connectivity index (χ4n) is 4.93. The van der Waals surface area contributed by atoms with E-state index < -0.39 is 0 Å². The Kier molecular flexibility index (Phi) is 6.66. The molecule has 0 aliphatic carbocycles. The number of hydrogen-bond acceptors (Lipinski definition) is 8. The molecule has 4 aromatic rings. The SMILES string of the molecule is CN1CCN(c2ccc(Nc3ncc(-c4cccnc4)c(N4OCCC4c4ccccc4)n3)cc2)CC1. The topological polar surface area (TPSA) is 69.7 Å². The Morgan fingerprint density at radius 2 is 1.70 bits per heavy atom. The van der Waals surface area contributed by atoms with E-state index in [1.54, 1.807) is 6.20 Å². The van der Waals surface area contributed by atoms with Gasteiger partial charge >= 0.3 is 0 Å². The minimum atomic E-state index is 0.0715. The Labute approximate surface area is 217 Å². The highest BCUT2D eigenvalue weighted by molar-refractivity contribution is 5.76. The predicted octanol–water partition coefficient (Wildman–Crippen LogP) is 4.92. The van der Waals surface area contributed by atoms with E-state index in [0.29, 0.717) is 12.6 Å². The maximum Gasteiger partial charge on any atom is 0.229 e. The van der Waals surface area contributed by atoms with Gasteiger partial charge in [0.1, 0.15) is 0 Å². The zero-order chi connectivity index (χ0) is 25.0. The van der Waals surface area contributed by atoms with Gasteiger partial charge in [-0.15, -0.1) is 0 Å². The first kappa shape index (κ1) is 23.4. The lowest BCUT2D eigenvalue weighted by Gasteiger charge is -2.34. The van der Waals surface area contributed by atoms with Crippen molar-refractivity contribution in [1.29, 1.82) is 0 Å². The summed E-state index contributed by atoms with van der Waals surface area (Å²) in [5, 5.41) is 5.32. The van der Waals surface area contributed by atoms with E-state index in [2.05, 4.69) is 80.7 Å². The number of benzene rings is 2. The zero-order valence-electron chi connectivity index (χ0n) is 21.0. The minimum absolute atomic E-state index is 0.0715. The number of anilines is 4. The maximum absolute atomic E-state index is 6.15. The number of aromatic nitrogens is 3. The molecule has 4 heterocycles. The predicted molar refractivity (Wildman–Crippen MR) is 147 cm³/mol. The lowest BCUT2D eigenvalue weighted by molar-refractivity contribution is 0.157. The highest BCUT2D eigenvalue weighted by Crippen LogP contribution is 2.39. The van der Waals surface area contributed by atoms with Gasteiger partial charge < -0.3 is 15.1 Å². The number of likely N-dealkylation sites (N-methyl/N-ethyl adjacent to an activating group) is 1. The van der Waals surface area contributed by atoms with Crippen molar-refractivity contribution < 1.29 is 4.84 Å². The summed E-state index contributed by atoms with van der Waals surface area (Å²) in [6.45, 7) is 4.89. The van der Waals surface area contributed by atoms with Gasteiger partial charge in [-0.1, -0.05) is 36.4 Å². The molecule has 6 rings (SSSR count). The highest BCUT2D eigenvalue weighted by Gasteiger charge is 2.31. The van der Waals surface area contributed by atoms with Crippen molar-refractivity contribution in [2.24, 2.45) is 0 Å². The summed E-state index contributed by atoms with van der Waals surface area (Å²) in [6, 6.07) is 22.9. The Hall–Kier alpha value is -4.01. The van der Waals surface area contributed by atoms with Gasteiger partial charge in [0, 0.05) is 73.7 Å². The fraction of sp³-hybridized carbons (Fsp3) is 0.276. The van der Waals surface area contributed by atoms with Crippen LogP contribution in [0.1, 0.15) is 18.0 Å². The van der Waals surface area contributed by atoms with Crippen LogP contribution in [-0.2, 0) is 4.84 Å². The summed E-state index contributed by atoms with van der Waals surface area (Å²) >= 11 is 0. The number of nitrogens with zero attached hydrogens (tertiary/aromatic N) is 6. The number of hydroxylamine groups is 1. The smallest absolute Gasteiger partial charge is 0.229 e. The largest absolute Gasteiger partial charge is 0.369 e. The van der Waals surface area contributed by atoms with Crippen LogP contribution in [0.3, 0.4) is 0 Å². The number of rotatable bonds is 6. The molecule has 1 unspecified atom stereocenters. The van der Waals surface area contributed by atoms with E-state index in [1.165, 1.54) is 11.3 Å². The molecule has 0 spiro atoms. The number of nitrogens with one attached hydrogen (secondary N) is 1. The summed E-state index contributed by atoms with van der Waals surface area (Å²) in [5.74, 6) is 1.25. The van der Waals surface area contributed by atoms with Gasteiger partial charge in [0.25, 0.3) is 0 Å². The van der Waals surface area contributed by atoms with E-state index in [4.69, 9.17) is 9.82 Å². The molecule has 8 heteroatoms. The van der Waals surface area contributed by atoms with Crippen LogP contribution >= 0.6 is 0 Å². The number of pyridine rings is 1. The lowest BCUT2D eigenvalue weighted by Crippen LogP contribution is -2.44. The molecule has 0 radical (unpaired) electrons. The van der Waals surface area contributed by atoms with Crippen LogP contribution < -0.4 is 15.3 Å². The van der Waals surface area contributed by atoms with Crippen LogP contribution in [0, 0.1) is 0 Å². The molecule has 0 amide bonds. The molecule has 1 atom stereocenters. The quantitative estimate of drug-likeness (QED) is 0.406. The van der Waals surface area contributed by atoms with Gasteiger partial charge in [-0.25, -0.2) is 10.0 Å². The Morgan fingerprint density at radius 3 is 2.46 bits per heavy atom. The van der Waals surface area contributed by atoms with Crippen LogP contribution in [0.15, 0.2) is 85.3 Å². The summed E-state index contributed by atoms with van der Waals surface area (Å²) < 4.78 is 0. The van der Waals surface area contributed by atoms with Gasteiger partial charge in [0.15, 0.2) is 5.82 Å². The van der Waals surface area contributed by atoms with Crippen molar-refractivity contribution in [2.75, 3.05) is 55.1 Å². The lowest BCUT2D eigenvalue weighted by atomic mass is 10.0. The third-order valence-electron chi connectivity index (χ3n) is 7.03. The van der Waals surface area contributed by atoms with Gasteiger partial charge in [0.2, 0.25) is 5.95 Å². The minimum Gasteiger partial charge on any atom is -0.369 e. The molecule has 2 fully saturated rings. The molecule has 2 aliphatic rings. The first-order valence-electron chi connectivity index (χ1n) is 12.8. The first-order valence-corrected chi connectivity index (χ1v) is 12.8. The molecule has 1 N–H and O–H groups in total. The molecule has 0 saturated carbocycles. The summed E-state index contributed by atoms with van der Waals surface area (Å²) in [6.07, 6.45) is 6.34. The second-order valence-corrected chi connectivity index (χ2v) is 9.51. The third kappa shape index (κ3) is 5.12. The van der Waals surface area contributed by atoms with Crippen molar-refractivity contribution in [3.05, 3.63) is 90.9 Å². The van der Waals surface area contributed by atoms with Crippen molar-refractivity contribution >= 4 is 23.1 Å². The van der Waals surface area contributed by atoms with Crippen molar-refractivity contribution in [1.82, 2.24) is 19.9 Å². The van der Waals surface area contributed by atoms with Gasteiger partial charge in [-0.05, 0) is 42.9 Å². The number of piperazine rings is 1. The molecule has 2 aromatic heterocycles. The molecule has 2 aromatic carbocycles. The zero-order valence-corrected chi connectivity index (χ0v) is 21.0. The van der Waals surface area contributed by atoms with Crippen LogP contribution in [-0.4, -0.2) is 59.7 Å². The Bertz CT molecular complexity index is 1310. The monoisotopic (exact) mass is 493 g/mol. The third-order valence-corrected chi connectivity index (χ3v) is 7.03. The van der Waals surface area contributed by atoms with Crippen LogP contribution in [0.25, 0.3) is 11.1 Å². The van der Waals surface area contributed by atoms with Gasteiger partial charge in [0.05, 0.1) is 12.6 Å². The van der Waals surface area contributed by atoms with E-state index in [9.17, 15) is 0 Å². The van der Waals surface area contributed by atoms with Gasteiger partial charge in [-0.3, -0.25) is 9.82 Å². The van der Waals surface area contributed by atoms with Crippen molar-refractivity contribution in [2.45, 2.75) is 12.5 Å². The Morgan fingerprint density at radius 1 is 0.892 bits per heavy atom. The number of hydrogen-bond donors (Lipinski definition) is 1. The van der Waals surface area contributed by atoms with Crippen LogP contribution in [0.2, 0.25) is 0 Å². The van der Waals surface area contributed by atoms with Crippen molar-refractivity contribution in [3.8, 4) is 11.1 Å². The molecular formula is C29H31N7O. The summed E-state index contributed by atoms with van der Waals surface area (Å²) in [4.78, 5) is 24.9. The standard InChI is InChI=1S/C29H31N7O/c1-34-15-17-35(18-16-34)25-11-9-24(10-12-25)32-29-31-21-26(23-8-5-14-30-20-23)28(33-29)36-27(13-19-37-36)22-6-3-2-4-7-22/h2-12,14,20-21,27H,13,15-19H2,1H3,(H,31,32,33). The van der Waals surface area contributed by atoms with Crippen LogP contribution in [0.4, 0.5) is 23.1 Å². The molecule has 188 valence electrons. The average molecular weight is 494 g/mol. The van der Waals surface area contributed by atoms with E-state index >= 15 is 0 Å². The van der Waals surface area contributed by atoms with Gasteiger partial charge in [-0.2, -0.15) is 4.98 Å². The summed E-state index contributed by atoms with van der Waals surface area (Å²) in [7, 11) is 2.17. The molecule has 2 aliphatic heterocycles. The normalized spacial score (nSPS) is 18.2. The van der Waals surface area contributed by atoms with E-state index in [-0.39, 0.29) is 6.04 Å². The molecule has 2 saturated heterocycles. The second-order valence-electron chi connectivity index (χ2n) is 9.51. The molecular weight excluding hydrogens is 462 g/mol. The van der Waals surface area contributed by atoms with Crippen molar-refractivity contribution in [3.63, 3.8) is 0 Å². The van der Waals surface area contributed by atoms with E-state index in [1.807, 2.05) is 35.7 Å². The second kappa shape index (κ2) is 10.5. The van der Waals surface area contributed by atoms with Crippen LogP contribution in [0.5, 0.6) is 0 Å².